The highest BCUT2D eigenvalue weighted by Crippen LogP contribution is 2.17. The Bertz CT molecular complexity index is 595. The second kappa shape index (κ2) is 4.00. The normalized spacial score (nSPS) is 20.2. The van der Waals surface area contributed by atoms with Crippen molar-refractivity contribution >= 4 is 11.0 Å². The van der Waals surface area contributed by atoms with Crippen molar-refractivity contribution < 1.29 is 4.39 Å². The Morgan fingerprint density at radius 3 is 3.12 bits per heavy atom. The zero-order valence-electron chi connectivity index (χ0n) is 9.37. The number of halogens is 1. The van der Waals surface area contributed by atoms with Crippen LogP contribution in [0, 0.1) is 11.7 Å². The van der Waals surface area contributed by atoms with Gasteiger partial charge in [-0.1, -0.05) is 6.07 Å². The molecule has 1 fully saturated rings. The Kier molecular flexibility index (Phi) is 2.48. The van der Waals surface area contributed by atoms with Crippen LogP contribution in [-0.4, -0.2) is 22.6 Å². The summed E-state index contributed by atoms with van der Waals surface area (Å²) in [6.45, 7) is 2.45. The number of imidazole rings is 1. The van der Waals surface area contributed by atoms with Crippen molar-refractivity contribution in [2.24, 2.45) is 5.92 Å². The van der Waals surface area contributed by atoms with E-state index in [2.05, 4.69) is 10.3 Å². The highest BCUT2D eigenvalue weighted by Gasteiger charge is 2.18. The summed E-state index contributed by atoms with van der Waals surface area (Å²) in [6, 6.07) is 4.72. The van der Waals surface area contributed by atoms with Gasteiger partial charge in [0.15, 0.2) is 0 Å². The molecule has 17 heavy (non-hydrogen) atoms. The molecule has 1 aromatic heterocycles. The van der Waals surface area contributed by atoms with Crippen LogP contribution in [0.25, 0.3) is 11.0 Å². The first-order valence-corrected chi connectivity index (χ1v) is 5.83. The van der Waals surface area contributed by atoms with E-state index in [1.54, 1.807) is 12.1 Å². The van der Waals surface area contributed by atoms with Gasteiger partial charge in [0, 0.05) is 6.54 Å². The summed E-state index contributed by atoms with van der Waals surface area (Å²) in [5, 5.41) is 3.25. The second-order valence-corrected chi connectivity index (χ2v) is 4.54. The van der Waals surface area contributed by atoms with Crippen LogP contribution in [-0.2, 0) is 6.54 Å². The fourth-order valence-corrected chi connectivity index (χ4v) is 2.48. The van der Waals surface area contributed by atoms with E-state index in [9.17, 15) is 9.18 Å². The Morgan fingerprint density at radius 1 is 1.47 bits per heavy atom. The fraction of sp³-hybridized carbons (Fsp3) is 0.417. The smallest absolute Gasteiger partial charge is 0.316 e. The summed E-state index contributed by atoms with van der Waals surface area (Å²) >= 11 is 0. The minimum Gasteiger partial charge on any atom is -0.316 e. The van der Waals surface area contributed by atoms with Crippen LogP contribution in [0.5, 0.6) is 0 Å². The van der Waals surface area contributed by atoms with Gasteiger partial charge in [-0.3, -0.25) is 4.57 Å². The van der Waals surface area contributed by atoms with E-state index in [0.717, 1.165) is 19.5 Å². The van der Waals surface area contributed by atoms with Gasteiger partial charge in [-0.25, -0.2) is 9.18 Å². The molecule has 90 valence electrons. The Labute approximate surface area is 97.4 Å². The molecule has 1 aromatic carbocycles. The van der Waals surface area contributed by atoms with Crippen LogP contribution < -0.4 is 11.0 Å². The maximum Gasteiger partial charge on any atom is 0.326 e. The summed E-state index contributed by atoms with van der Waals surface area (Å²) in [5.41, 5.74) is 0.738. The lowest BCUT2D eigenvalue weighted by atomic mass is 10.1. The zero-order chi connectivity index (χ0) is 11.8. The fourth-order valence-electron chi connectivity index (χ4n) is 2.48. The van der Waals surface area contributed by atoms with Crippen molar-refractivity contribution in [2.75, 3.05) is 13.1 Å². The molecule has 0 saturated carbocycles. The third-order valence-electron chi connectivity index (χ3n) is 3.35. The van der Waals surface area contributed by atoms with E-state index >= 15 is 0 Å². The van der Waals surface area contributed by atoms with Gasteiger partial charge in [0.25, 0.3) is 0 Å². The lowest BCUT2D eigenvalue weighted by Gasteiger charge is -2.09. The molecule has 0 spiro atoms. The van der Waals surface area contributed by atoms with Gasteiger partial charge in [-0.05, 0) is 37.6 Å². The molecule has 3 rings (SSSR count). The first-order valence-electron chi connectivity index (χ1n) is 5.83. The van der Waals surface area contributed by atoms with Gasteiger partial charge < -0.3 is 10.3 Å². The molecule has 1 unspecified atom stereocenters. The number of H-pyrrole nitrogens is 1. The van der Waals surface area contributed by atoms with Gasteiger partial charge in [-0.2, -0.15) is 0 Å². The first kappa shape index (κ1) is 10.5. The van der Waals surface area contributed by atoms with Gasteiger partial charge in [0.1, 0.15) is 11.3 Å². The van der Waals surface area contributed by atoms with Crippen molar-refractivity contribution in [3.63, 3.8) is 0 Å². The zero-order valence-corrected chi connectivity index (χ0v) is 9.37. The second-order valence-electron chi connectivity index (χ2n) is 4.54. The Morgan fingerprint density at radius 2 is 2.35 bits per heavy atom. The Balaban J connectivity index is 2.08. The summed E-state index contributed by atoms with van der Waals surface area (Å²) in [4.78, 5) is 14.5. The highest BCUT2D eigenvalue weighted by atomic mass is 19.1. The van der Waals surface area contributed by atoms with E-state index in [-0.39, 0.29) is 11.5 Å². The summed E-state index contributed by atoms with van der Waals surface area (Å²) in [6.07, 6.45) is 1.04. The maximum atomic E-state index is 13.7. The topological polar surface area (TPSA) is 49.8 Å². The number of hydrogen-bond acceptors (Lipinski definition) is 2. The standard InChI is InChI=1S/C12H14FN3O/c13-9-2-1-3-10-11(9)16(12(17)15-10)7-8-4-5-14-6-8/h1-3,8,14H,4-7H2,(H,15,17). The number of rotatable bonds is 2. The van der Waals surface area contributed by atoms with Crippen molar-refractivity contribution in [2.45, 2.75) is 13.0 Å². The minimum atomic E-state index is -0.341. The van der Waals surface area contributed by atoms with Crippen molar-refractivity contribution in [3.8, 4) is 0 Å². The molecule has 2 heterocycles. The molecule has 1 aliphatic rings. The number of fused-ring (bicyclic) bond motifs is 1. The molecule has 0 radical (unpaired) electrons. The number of aromatic amines is 1. The van der Waals surface area contributed by atoms with Crippen LogP contribution in [0.15, 0.2) is 23.0 Å². The first-order chi connectivity index (χ1) is 8.25. The predicted molar refractivity (Wildman–Crippen MR) is 63.5 cm³/mol. The quantitative estimate of drug-likeness (QED) is 0.818. The molecular formula is C12H14FN3O. The summed E-state index contributed by atoms with van der Waals surface area (Å²) in [5.74, 6) is 0.0677. The third kappa shape index (κ3) is 1.76. The molecule has 1 saturated heterocycles. The molecule has 1 aliphatic heterocycles. The largest absolute Gasteiger partial charge is 0.326 e. The predicted octanol–water partition coefficient (Wildman–Crippen LogP) is 1.08. The van der Waals surface area contributed by atoms with E-state index in [1.165, 1.54) is 10.6 Å². The van der Waals surface area contributed by atoms with Crippen LogP contribution in [0.3, 0.4) is 0 Å². The molecule has 0 bridgehead atoms. The van der Waals surface area contributed by atoms with Crippen LogP contribution in [0.2, 0.25) is 0 Å². The maximum absolute atomic E-state index is 13.7. The van der Waals surface area contributed by atoms with Crippen molar-refractivity contribution in [1.29, 1.82) is 0 Å². The molecular weight excluding hydrogens is 221 g/mol. The van der Waals surface area contributed by atoms with Crippen molar-refractivity contribution in [3.05, 3.63) is 34.5 Å². The van der Waals surface area contributed by atoms with Crippen molar-refractivity contribution in [1.82, 2.24) is 14.9 Å². The average Bonchev–Trinajstić information content (AvgIpc) is 2.89. The molecule has 1 atom stereocenters. The molecule has 4 nitrogen and oxygen atoms in total. The lowest BCUT2D eigenvalue weighted by Crippen LogP contribution is -2.23. The van der Waals surface area contributed by atoms with Crippen LogP contribution in [0.1, 0.15) is 6.42 Å². The molecule has 2 N–H and O–H groups in total. The monoisotopic (exact) mass is 235 g/mol. The van der Waals surface area contributed by atoms with Gasteiger partial charge in [-0.15, -0.1) is 0 Å². The number of nitrogens with one attached hydrogen (secondary N) is 2. The lowest BCUT2D eigenvalue weighted by molar-refractivity contribution is 0.477. The van der Waals surface area contributed by atoms with Gasteiger partial charge >= 0.3 is 5.69 Å². The summed E-state index contributed by atoms with van der Waals surface area (Å²) in [7, 11) is 0. The number of hydrogen-bond donors (Lipinski definition) is 2. The third-order valence-corrected chi connectivity index (χ3v) is 3.35. The Hall–Kier alpha value is -1.62. The number of para-hydroxylation sites is 1. The minimum absolute atomic E-state index is 0.225. The average molecular weight is 235 g/mol. The number of aromatic nitrogens is 2. The van der Waals surface area contributed by atoms with Gasteiger partial charge in [0.05, 0.1) is 5.52 Å². The number of benzene rings is 1. The molecule has 0 aliphatic carbocycles. The molecule has 0 amide bonds. The van der Waals surface area contributed by atoms with E-state index < -0.39 is 0 Å². The number of nitrogens with zero attached hydrogens (tertiary/aromatic N) is 1. The molecule has 2 aromatic rings. The van der Waals surface area contributed by atoms with Crippen LogP contribution >= 0.6 is 0 Å². The highest BCUT2D eigenvalue weighted by molar-refractivity contribution is 5.75. The molecule has 5 heteroatoms. The van der Waals surface area contributed by atoms with Crippen LogP contribution in [0.4, 0.5) is 4.39 Å². The van der Waals surface area contributed by atoms with Gasteiger partial charge in [0.2, 0.25) is 0 Å². The van der Waals surface area contributed by atoms with E-state index in [0.29, 0.717) is 23.5 Å². The SMILES string of the molecule is O=c1[nH]c2cccc(F)c2n1CC1CCNC1. The van der Waals surface area contributed by atoms with E-state index in [4.69, 9.17) is 0 Å². The van der Waals surface area contributed by atoms with E-state index in [1.807, 2.05) is 0 Å². The summed E-state index contributed by atoms with van der Waals surface area (Å²) < 4.78 is 15.3.